The van der Waals surface area contributed by atoms with E-state index in [1.165, 1.54) is 5.56 Å². The Labute approximate surface area is 90.7 Å². The standard InChI is InChI=1S/C13H17NO/c1-10-4-5-13(15)8-12(10)7-11-3-2-6-14-9-11/h2-3,6,9-10,12H,4-5,7-8H2,1H3. The van der Waals surface area contributed by atoms with Gasteiger partial charge in [0.15, 0.2) is 0 Å². The minimum absolute atomic E-state index is 0.432. The van der Waals surface area contributed by atoms with E-state index in [9.17, 15) is 4.79 Å². The van der Waals surface area contributed by atoms with E-state index in [4.69, 9.17) is 0 Å². The van der Waals surface area contributed by atoms with Crippen molar-refractivity contribution in [3.63, 3.8) is 0 Å². The summed E-state index contributed by atoms with van der Waals surface area (Å²) in [4.78, 5) is 15.5. The van der Waals surface area contributed by atoms with Gasteiger partial charge in [-0.1, -0.05) is 13.0 Å². The fourth-order valence-electron chi connectivity index (χ4n) is 2.32. The van der Waals surface area contributed by atoms with Gasteiger partial charge in [0.2, 0.25) is 0 Å². The number of carbonyl (C=O) groups excluding carboxylic acids is 1. The third-order valence-electron chi connectivity index (χ3n) is 3.39. The monoisotopic (exact) mass is 203 g/mol. The van der Waals surface area contributed by atoms with Crippen LogP contribution in [-0.2, 0) is 11.2 Å². The number of pyridine rings is 1. The first-order chi connectivity index (χ1) is 7.25. The van der Waals surface area contributed by atoms with Crippen LogP contribution in [-0.4, -0.2) is 10.8 Å². The molecule has 1 aliphatic carbocycles. The third-order valence-corrected chi connectivity index (χ3v) is 3.39. The van der Waals surface area contributed by atoms with E-state index in [1.807, 2.05) is 12.3 Å². The number of carbonyl (C=O) groups is 1. The van der Waals surface area contributed by atoms with Crippen LogP contribution in [0.15, 0.2) is 24.5 Å². The van der Waals surface area contributed by atoms with Crippen molar-refractivity contribution in [1.82, 2.24) is 4.98 Å². The molecule has 0 aliphatic heterocycles. The Morgan fingerprint density at radius 2 is 2.40 bits per heavy atom. The molecule has 0 N–H and O–H groups in total. The van der Waals surface area contributed by atoms with E-state index in [0.717, 1.165) is 25.7 Å². The van der Waals surface area contributed by atoms with Crippen molar-refractivity contribution in [3.8, 4) is 0 Å². The summed E-state index contributed by atoms with van der Waals surface area (Å²) in [5, 5.41) is 0. The minimum atomic E-state index is 0.432. The molecule has 15 heavy (non-hydrogen) atoms. The Kier molecular flexibility index (Phi) is 3.14. The fourth-order valence-corrected chi connectivity index (χ4v) is 2.32. The summed E-state index contributed by atoms with van der Waals surface area (Å²) in [6, 6.07) is 4.06. The molecule has 0 radical (unpaired) electrons. The lowest BCUT2D eigenvalue weighted by molar-refractivity contribution is -0.122. The number of nitrogens with zero attached hydrogens (tertiary/aromatic N) is 1. The number of rotatable bonds is 2. The molecule has 2 nitrogen and oxygen atoms in total. The molecule has 0 spiro atoms. The highest BCUT2D eigenvalue weighted by Gasteiger charge is 2.25. The number of aromatic nitrogens is 1. The van der Waals surface area contributed by atoms with Crippen LogP contribution in [0.5, 0.6) is 0 Å². The van der Waals surface area contributed by atoms with Crippen molar-refractivity contribution in [3.05, 3.63) is 30.1 Å². The first-order valence-electron chi connectivity index (χ1n) is 5.66. The molecule has 2 atom stereocenters. The van der Waals surface area contributed by atoms with E-state index in [2.05, 4.69) is 18.0 Å². The van der Waals surface area contributed by atoms with Crippen molar-refractivity contribution >= 4 is 5.78 Å². The zero-order chi connectivity index (χ0) is 10.7. The van der Waals surface area contributed by atoms with Crippen LogP contribution in [0.2, 0.25) is 0 Å². The van der Waals surface area contributed by atoms with Crippen molar-refractivity contribution in [2.24, 2.45) is 11.8 Å². The van der Waals surface area contributed by atoms with Gasteiger partial charge >= 0.3 is 0 Å². The second kappa shape index (κ2) is 4.56. The van der Waals surface area contributed by atoms with E-state index >= 15 is 0 Å². The lowest BCUT2D eigenvalue weighted by atomic mass is 9.77. The molecule has 0 amide bonds. The highest BCUT2D eigenvalue weighted by atomic mass is 16.1. The first-order valence-corrected chi connectivity index (χ1v) is 5.66. The Morgan fingerprint density at radius 3 is 3.13 bits per heavy atom. The fraction of sp³-hybridized carbons (Fsp3) is 0.538. The van der Waals surface area contributed by atoms with Gasteiger partial charge in [0, 0.05) is 25.2 Å². The van der Waals surface area contributed by atoms with Crippen molar-refractivity contribution in [1.29, 1.82) is 0 Å². The molecular weight excluding hydrogens is 186 g/mol. The van der Waals surface area contributed by atoms with Gasteiger partial charge in [-0.3, -0.25) is 9.78 Å². The summed E-state index contributed by atoms with van der Waals surface area (Å²) in [6.07, 6.45) is 7.30. The summed E-state index contributed by atoms with van der Waals surface area (Å²) in [6.45, 7) is 2.26. The van der Waals surface area contributed by atoms with Crippen LogP contribution in [0, 0.1) is 11.8 Å². The average Bonchev–Trinajstić information content (AvgIpc) is 2.25. The highest BCUT2D eigenvalue weighted by molar-refractivity contribution is 5.79. The molecule has 2 unspecified atom stereocenters. The number of ketones is 1. The Balaban J connectivity index is 2.01. The zero-order valence-electron chi connectivity index (χ0n) is 9.15. The van der Waals surface area contributed by atoms with Gasteiger partial charge in [0.05, 0.1) is 0 Å². The average molecular weight is 203 g/mol. The van der Waals surface area contributed by atoms with Crippen LogP contribution >= 0.6 is 0 Å². The normalized spacial score (nSPS) is 26.6. The van der Waals surface area contributed by atoms with Crippen LogP contribution in [0.3, 0.4) is 0 Å². The maximum Gasteiger partial charge on any atom is 0.133 e. The van der Waals surface area contributed by atoms with Gasteiger partial charge in [-0.05, 0) is 36.3 Å². The van der Waals surface area contributed by atoms with Crippen molar-refractivity contribution < 1.29 is 4.79 Å². The maximum atomic E-state index is 11.4. The molecule has 1 aliphatic rings. The first kappa shape index (κ1) is 10.3. The molecule has 80 valence electrons. The summed E-state index contributed by atoms with van der Waals surface area (Å²) < 4.78 is 0. The molecule has 0 saturated heterocycles. The lowest BCUT2D eigenvalue weighted by Gasteiger charge is -2.27. The van der Waals surface area contributed by atoms with Gasteiger partial charge in [-0.15, -0.1) is 0 Å². The van der Waals surface area contributed by atoms with Gasteiger partial charge in [-0.25, -0.2) is 0 Å². The molecule has 2 heteroatoms. The zero-order valence-corrected chi connectivity index (χ0v) is 9.15. The second-order valence-corrected chi connectivity index (χ2v) is 4.58. The lowest BCUT2D eigenvalue weighted by Crippen LogP contribution is -2.24. The predicted molar refractivity (Wildman–Crippen MR) is 59.5 cm³/mol. The molecule has 0 aromatic carbocycles. The SMILES string of the molecule is CC1CCC(=O)CC1Cc1cccnc1. The summed E-state index contributed by atoms with van der Waals surface area (Å²) >= 11 is 0. The van der Waals surface area contributed by atoms with E-state index in [0.29, 0.717) is 17.6 Å². The van der Waals surface area contributed by atoms with E-state index in [-0.39, 0.29) is 0 Å². The van der Waals surface area contributed by atoms with Crippen LogP contribution < -0.4 is 0 Å². The maximum absolute atomic E-state index is 11.4. The summed E-state index contributed by atoms with van der Waals surface area (Å²) in [5.41, 5.74) is 1.25. The van der Waals surface area contributed by atoms with Gasteiger partial charge in [0.1, 0.15) is 5.78 Å². The van der Waals surface area contributed by atoms with Gasteiger partial charge in [0.25, 0.3) is 0 Å². The molecule has 2 rings (SSSR count). The predicted octanol–water partition coefficient (Wildman–Crippen LogP) is 2.63. The molecule has 0 bridgehead atoms. The number of hydrogen-bond acceptors (Lipinski definition) is 2. The Morgan fingerprint density at radius 1 is 1.53 bits per heavy atom. The summed E-state index contributed by atoms with van der Waals surface area (Å²) in [5.74, 6) is 1.63. The molecular formula is C13H17NO. The molecule has 1 aromatic rings. The van der Waals surface area contributed by atoms with Crippen molar-refractivity contribution in [2.45, 2.75) is 32.6 Å². The number of Topliss-reactive ketones (excluding diaryl/α,β-unsaturated/α-hetero) is 1. The second-order valence-electron chi connectivity index (χ2n) is 4.58. The van der Waals surface area contributed by atoms with E-state index < -0.39 is 0 Å². The van der Waals surface area contributed by atoms with Gasteiger partial charge in [-0.2, -0.15) is 0 Å². The molecule has 1 saturated carbocycles. The van der Waals surface area contributed by atoms with Crippen LogP contribution in [0.4, 0.5) is 0 Å². The van der Waals surface area contributed by atoms with Gasteiger partial charge < -0.3 is 0 Å². The van der Waals surface area contributed by atoms with Crippen molar-refractivity contribution in [2.75, 3.05) is 0 Å². The quantitative estimate of drug-likeness (QED) is 0.739. The van der Waals surface area contributed by atoms with Crippen LogP contribution in [0.1, 0.15) is 31.7 Å². The topological polar surface area (TPSA) is 30.0 Å². The Bertz CT molecular complexity index is 334. The van der Waals surface area contributed by atoms with Crippen LogP contribution in [0.25, 0.3) is 0 Å². The molecule has 1 aromatic heterocycles. The number of hydrogen-bond donors (Lipinski definition) is 0. The third kappa shape index (κ3) is 2.65. The largest absolute Gasteiger partial charge is 0.300 e. The molecule has 1 heterocycles. The highest BCUT2D eigenvalue weighted by Crippen LogP contribution is 2.30. The van der Waals surface area contributed by atoms with E-state index in [1.54, 1.807) is 6.20 Å². The molecule has 1 fully saturated rings. The minimum Gasteiger partial charge on any atom is -0.300 e. The smallest absolute Gasteiger partial charge is 0.133 e. The summed E-state index contributed by atoms with van der Waals surface area (Å²) in [7, 11) is 0. The Hall–Kier alpha value is -1.18.